The standard InChI is InChI=1S/C12H21N/c1-12-6-8-4-10(13)3-2-9(7-12)11(12)5-8/h8-11H,2-7,13H2,1H3. The average Bonchev–Trinajstić information content (AvgIpc) is 2.32. The summed E-state index contributed by atoms with van der Waals surface area (Å²) in [6, 6.07) is 0.522. The second-order valence-electron chi connectivity index (χ2n) is 6.10. The van der Waals surface area contributed by atoms with Gasteiger partial charge in [-0.2, -0.15) is 0 Å². The Bertz CT molecular complexity index is 225. The van der Waals surface area contributed by atoms with Crippen LogP contribution in [0.25, 0.3) is 0 Å². The molecule has 74 valence electrons. The molecule has 3 aliphatic carbocycles. The van der Waals surface area contributed by atoms with Crippen molar-refractivity contribution in [3.63, 3.8) is 0 Å². The molecule has 0 spiro atoms. The van der Waals surface area contributed by atoms with Crippen LogP contribution in [0.15, 0.2) is 0 Å². The fraction of sp³-hybridized carbons (Fsp3) is 1.00. The lowest BCUT2D eigenvalue weighted by Crippen LogP contribution is -2.42. The first-order valence-electron chi connectivity index (χ1n) is 5.93. The summed E-state index contributed by atoms with van der Waals surface area (Å²) in [4.78, 5) is 0. The van der Waals surface area contributed by atoms with Crippen molar-refractivity contribution < 1.29 is 0 Å². The molecule has 0 aliphatic heterocycles. The molecule has 3 aliphatic rings. The molecule has 3 saturated carbocycles. The zero-order chi connectivity index (χ0) is 9.05. The zero-order valence-corrected chi connectivity index (χ0v) is 8.63. The lowest BCUT2D eigenvalue weighted by molar-refractivity contribution is -0.00392. The van der Waals surface area contributed by atoms with Gasteiger partial charge < -0.3 is 5.73 Å². The van der Waals surface area contributed by atoms with Crippen molar-refractivity contribution in [2.75, 3.05) is 0 Å². The second kappa shape index (κ2) is 2.50. The van der Waals surface area contributed by atoms with Gasteiger partial charge in [0.25, 0.3) is 0 Å². The van der Waals surface area contributed by atoms with Gasteiger partial charge in [-0.25, -0.2) is 0 Å². The van der Waals surface area contributed by atoms with Crippen molar-refractivity contribution in [1.29, 1.82) is 0 Å². The van der Waals surface area contributed by atoms with Gasteiger partial charge in [0.1, 0.15) is 0 Å². The predicted molar refractivity (Wildman–Crippen MR) is 54.3 cm³/mol. The van der Waals surface area contributed by atoms with Crippen molar-refractivity contribution in [1.82, 2.24) is 0 Å². The van der Waals surface area contributed by atoms with Gasteiger partial charge in [0, 0.05) is 6.04 Å². The van der Waals surface area contributed by atoms with Gasteiger partial charge >= 0.3 is 0 Å². The zero-order valence-electron chi connectivity index (χ0n) is 8.63. The van der Waals surface area contributed by atoms with Gasteiger partial charge in [-0.05, 0) is 61.7 Å². The molecule has 0 heterocycles. The molecule has 0 amide bonds. The van der Waals surface area contributed by atoms with Crippen LogP contribution in [0.4, 0.5) is 0 Å². The highest BCUT2D eigenvalue weighted by Crippen LogP contribution is 2.64. The van der Waals surface area contributed by atoms with Crippen LogP contribution >= 0.6 is 0 Å². The monoisotopic (exact) mass is 179 g/mol. The summed E-state index contributed by atoms with van der Waals surface area (Å²) in [7, 11) is 0. The van der Waals surface area contributed by atoms with E-state index in [1.165, 1.54) is 38.5 Å². The van der Waals surface area contributed by atoms with Crippen molar-refractivity contribution in [3.05, 3.63) is 0 Å². The first-order chi connectivity index (χ1) is 6.17. The topological polar surface area (TPSA) is 26.0 Å². The maximum Gasteiger partial charge on any atom is 0.00415 e. The van der Waals surface area contributed by atoms with Gasteiger partial charge in [-0.15, -0.1) is 0 Å². The Balaban J connectivity index is 1.83. The van der Waals surface area contributed by atoms with E-state index in [-0.39, 0.29) is 0 Å². The summed E-state index contributed by atoms with van der Waals surface area (Å²) in [5, 5.41) is 0. The maximum absolute atomic E-state index is 6.11. The van der Waals surface area contributed by atoms with Gasteiger partial charge in [-0.3, -0.25) is 0 Å². The van der Waals surface area contributed by atoms with Gasteiger partial charge in [0.05, 0.1) is 0 Å². The normalized spacial score (nSPS) is 59.5. The molecule has 0 radical (unpaired) electrons. The third kappa shape index (κ3) is 1.09. The lowest BCUT2D eigenvalue weighted by atomic mass is 9.55. The number of rotatable bonds is 0. The predicted octanol–water partition coefficient (Wildman–Crippen LogP) is 2.55. The fourth-order valence-electron chi connectivity index (χ4n) is 4.57. The Morgan fingerprint density at radius 2 is 2.00 bits per heavy atom. The smallest absolute Gasteiger partial charge is 0.00415 e. The van der Waals surface area contributed by atoms with Gasteiger partial charge in [0.15, 0.2) is 0 Å². The third-order valence-electron chi connectivity index (χ3n) is 5.08. The molecule has 2 N–H and O–H groups in total. The van der Waals surface area contributed by atoms with Gasteiger partial charge in [-0.1, -0.05) is 6.92 Å². The lowest BCUT2D eigenvalue weighted by Gasteiger charge is -2.50. The second-order valence-corrected chi connectivity index (χ2v) is 6.10. The Morgan fingerprint density at radius 1 is 1.15 bits per heavy atom. The van der Waals surface area contributed by atoms with Crippen LogP contribution < -0.4 is 5.73 Å². The van der Waals surface area contributed by atoms with Crippen molar-refractivity contribution in [2.24, 2.45) is 28.9 Å². The highest BCUT2D eigenvalue weighted by Gasteiger charge is 2.56. The van der Waals surface area contributed by atoms with Gasteiger partial charge in [0.2, 0.25) is 0 Å². The Labute approximate surface area is 81.1 Å². The van der Waals surface area contributed by atoms with E-state index in [4.69, 9.17) is 5.73 Å². The molecule has 0 aromatic heterocycles. The molecule has 0 aromatic rings. The van der Waals surface area contributed by atoms with Crippen LogP contribution in [-0.2, 0) is 0 Å². The van der Waals surface area contributed by atoms with E-state index in [1.807, 2.05) is 0 Å². The van der Waals surface area contributed by atoms with E-state index in [2.05, 4.69) is 6.92 Å². The van der Waals surface area contributed by atoms with Crippen molar-refractivity contribution in [3.8, 4) is 0 Å². The largest absolute Gasteiger partial charge is 0.328 e. The van der Waals surface area contributed by atoms with Crippen LogP contribution in [0.2, 0.25) is 0 Å². The molecule has 1 heteroatoms. The maximum atomic E-state index is 6.11. The average molecular weight is 179 g/mol. The number of hydrogen-bond donors (Lipinski definition) is 1. The molecule has 5 unspecified atom stereocenters. The minimum atomic E-state index is 0.522. The molecule has 13 heavy (non-hydrogen) atoms. The first-order valence-corrected chi connectivity index (χ1v) is 5.93. The van der Waals surface area contributed by atoms with E-state index in [1.54, 1.807) is 0 Å². The molecule has 1 nitrogen and oxygen atoms in total. The third-order valence-corrected chi connectivity index (χ3v) is 5.08. The Hall–Kier alpha value is -0.0400. The highest BCUT2D eigenvalue weighted by molar-refractivity contribution is 5.06. The summed E-state index contributed by atoms with van der Waals surface area (Å²) in [5.41, 5.74) is 6.86. The number of hydrogen-bond acceptors (Lipinski definition) is 1. The molecule has 3 fully saturated rings. The quantitative estimate of drug-likeness (QED) is 0.607. The minimum absolute atomic E-state index is 0.522. The van der Waals surface area contributed by atoms with Crippen LogP contribution in [0.1, 0.15) is 45.4 Å². The molecule has 0 saturated heterocycles. The van der Waals surface area contributed by atoms with Crippen LogP contribution in [0.3, 0.4) is 0 Å². The Morgan fingerprint density at radius 3 is 2.85 bits per heavy atom. The van der Waals surface area contributed by atoms with Crippen LogP contribution in [0.5, 0.6) is 0 Å². The summed E-state index contributed by atoms with van der Waals surface area (Å²) in [6.07, 6.45) is 8.55. The molecule has 3 rings (SSSR count). The molecule has 2 bridgehead atoms. The number of nitrogens with two attached hydrogens (primary N) is 1. The van der Waals surface area contributed by atoms with E-state index >= 15 is 0 Å². The first kappa shape index (κ1) is 8.28. The SMILES string of the molecule is CC12CC3CC(N)CCC(C1)C2C3. The van der Waals surface area contributed by atoms with Crippen LogP contribution in [0, 0.1) is 23.2 Å². The van der Waals surface area contributed by atoms with E-state index in [0.29, 0.717) is 6.04 Å². The van der Waals surface area contributed by atoms with Crippen molar-refractivity contribution >= 4 is 0 Å². The summed E-state index contributed by atoms with van der Waals surface area (Å²) >= 11 is 0. The van der Waals surface area contributed by atoms with Crippen molar-refractivity contribution in [2.45, 2.75) is 51.5 Å². The summed E-state index contributed by atoms with van der Waals surface area (Å²) < 4.78 is 0. The molecular weight excluding hydrogens is 158 g/mol. The highest BCUT2D eigenvalue weighted by atomic mass is 14.7. The molecule has 5 atom stereocenters. The van der Waals surface area contributed by atoms with E-state index < -0.39 is 0 Å². The minimum Gasteiger partial charge on any atom is -0.328 e. The number of fused-ring (bicyclic) bond motifs is 1. The van der Waals surface area contributed by atoms with Crippen LogP contribution in [-0.4, -0.2) is 6.04 Å². The van der Waals surface area contributed by atoms with E-state index in [0.717, 1.165) is 23.2 Å². The summed E-state index contributed by atoms with van der Waals surface area (Å²) in [5.74, 6) is 3.13. The van der Waals surface area contributed by atoms with E-state index in [9.17, 15) is 0 Å². The fourth-order valence-corrected chi connectivity index (χ4v) is 4.57. The Kier molecular flexibility index (Phi) is 1.59. The summed E-state index contributed by atoms with van der Waals surface area (Å²) in [6.45, 7) is 2.52. The molecular formula is C12H21N. The molecule has 0 aromatic carbocycles.